The molecule has 0 radical (unpaired) electrons. The molecule has 0 saturated carbocycles. The van der Waals surface area contributed by atoms with Crippen LogP contribution in [0.3, 0.4) is 0 Å². The number of nitrogens with zero attached hydrogens (tertiary/aromatic N) is 2. The maximum absolute atomic E-state index is 13.6. The van der Waals surface area contributed by atoms with E-state index in [0.717, 1.165) is 5.69 Å². The van der Waals surface area contributed by atoms with Crippen molar-refractivity contribution < 1.29 is 14.3 Å². The first-order chi connectivity index (χ1) is 15.0. The van der Waals surface area contributed by atoms with E-state index in [0.29, 0.717) is 25.6 Å². The van der Waals surface area contributed by atoms with E-state index >= 15 is 0 Å². The van der Waals surface area contributed by atoms with Crippen LogP contribution in [0, 0.1) is 11.8 Å². The normalized spacial score (nSPS) is 30.4. The van der Waals surface area contributed by atoms with Crippen LogP contribution >= 0.6 is 0 Å². The number of anilines is 1. The van der Waals surface area contributed by atoms with Crippen LogP contribution < -0.4 is 4.90 Å². The zero-order chi connectivity index (χ0) is 21.3. The summed E-state index contributed by atoms with van der Waals surface area (Å²) >= 11 is 0. The van der Waals surface area contributed by atoms with Gasteiger partial charge in [0, 0.05) is 18.8 Å². The molecule has 2 bridgehead atoms. The Morgan fingerprint density at radius 2 is 1.74 bits per heavy atom. The Kier molecular flexibility index (Phi) is 3.97. The van der Waals surface area contributed by atoms with Crippen molar-refractivity contribution in [1.29, 1.82) is 0 Å². The number of hydrogen-bond acceptors (Lipinski definition) is 3. The second kappa shape index (κ2) is 6.54. The molecular weight excluding hydrogens is 388 g/mol. The Morgan fingerprint density at radius 1 is 1.06 bits per heavy atom. The maximum Gasteiger partial charge on any atom is 0.234 e. The van der Waals surface area contributed by atoms with E-state index in [2.05, 4.69) is 38.1 Å². The quantitative estimate of drug-likeness (QED) is 0.721. The lowest BCUT2D eigenvalue weighted by Crippen LogP contribution is -2.44. The van der Waals surface area contributed by atoms with E-state index < -0.39 is 17.4 Å². The fourth-order valence-corrected chi connectivity index (χ4v) is 5.74. The summed E-state index contributed by atoms with van der Waals surface area (Å²) < 4.78 is 6.32. The first kappa shape index (κ1) is 18.8. The van der Waals surface area contributed by atoms with Crippen molar-refractivity contribution in [3.63, 3.8) is 0 Å². The van der Waals surface area contributed by atoms with Crippen molar-refractivity contribution in [1.82, 2.24) is 4.90 Å². The second-order valence-corrected chi connectivity index (χ2v) is 9.53. The van der Waals surface area contributed by atoms with Gasteiger partial charge in [0.25, 0.3) is 0 Å². The lowest BCUT2D eigenvalue weighted by molar-refractivity contribution is -0.140. The average molecular weight is 415 g/mol. The van der Waals surface area contributed by atoms with Gasteiger partial charge in [-0.3, -0.25) is 9.59 Å². The highest BCUT2D eigenvalue weighted by Crippen LogP contribution is 2.53. The van der Waals surface area contributed by atoms with Gasteiger partial charge < -0.3 is 14.5 Å². The second-order valence-electron chi connectivity index (χ2n) is 9.53. The molecule has 2 amide bonds. The third-order valence-electron chi connectivity index (χ3n) is 7.41. The highest BCUT2D eigenvalue weighted by atomic mass is 16.5. The minimum atomic E-state index is -0.689. The third-order valence-corrected chi connectivity index (χ3v) is 7.41. The third kappa shape index (κ3) is 2.66. The summed E-state index contributed by atoms with van der Waals surface area (Å²) in [7, 11) is 0. The molecular formula is C26H26N2O3. The molecule has 4 aliphatic rings. The average Bonchev–Trinajstić information content (AvgIpc) is 3.52. The lowest BCUT2D eigenvalue weighted by atomic mass is 9.76. The maximum atomic E-state index is 13.6. The number of ether oxygens (including phenoxy) is 1. The van der Waals surface area contributed by atoms with Gasteiger partial charge in [-0.25, -0.2) is 0 Å². The summed E-state index contributed by atoms with van der Waals surface area (Å²) in [4.78, 5) is 30.9. The molecule has 4 heterocycles. The van der Waals surface area contributed by atoms with Crippen LogP contribution in [0.15, 0.2) is 60.7 Å². The monoisotopic (exact) mass is 414 g/mol. The van der Waals surface area contributed by atoms with Crippen LogP contribution in [-0.4, -0.2) is 35.0 Å². The molecule has 5 heteroatoms. The Morgan fingerprint density at radius 3 is 2.39 bits per heavy atom. The molecule has 158 valence electrons. The molecule has 0 aliphatic carbocycles. The molecule has 31 heavy (non-hydrogen) atoms. The van der Waals surface area contributed by atoms with Gasteiger partial charge in [-0.05, 0) is 34.7 Å². The van der Waals surface area contributed by atoms with Gasteiger partial charge in [0.1, 0.15) is 5.60 Å². The number of carbonyl (C=O) groups is 2. The fourth-order valence-electron chi connectivity index (χ4n) is 5.74. The van der Waals surface area contributed by atoms with Gasteiger partial charge in [-0.2, -0.15) is 0 Å². The summed E-state index contributed by atoms with van der Waals surface area (Å²) in [5.41, 5.74) is 3.81. The summed E-state index contributed by atoms with van der Waals surface area (Å²) in [5.74, 6) is -0.438. The Balaban J connectivity index is 1.28. The minimum Gasteiger partial charge on any atom is -0.360 e. The molecule has 4 atom stereocenters. The van der Waals surface area contributed by atoms with Crippen LogP contribution in [0.5, 0.6) is 0 Å². The van der Waals surface area contributed by atoms with Crippen LogP contribution in [0.4, 0.5) is 5.69 Å². The molecule has 2 aromatic rings. The minimum absolute atomic E-state index is 0.000733. The SMILES string of the molecule is CC(C)c1ccc(N2C[C@]34C=C[C@H](O3)[C@H](C(=O)N3Cc5ccccc5C3)[C@@H]4C2=O)cc1. The Labute approximate surface area is 182 Å². The highest BCUT2D eigenvalue weighted by Gasteiger charge is 2.67. The van der Waals surface area contributed by atoms with E-state index in [1.54, 1.807) is 4.90 Å². The predicted molar refractivity (Wildman–Crippen MR) is 117 cm³/mol. The topological polar surface area (TPSA) is 49.9 Å². The van der Waals surface area contributed by atoms with Crippen molar-refractivity contribution in [3.8, 4) is 0 Å². The molecule has 5 nitrogen and oxygen atoms in total. The van der Waals surface area contributed by atoms with Crippen molar-refractivity contribution in [2.45, 2.75) is 44.6 Å². The van der Waals surface area contributed by atoms with Gasteiger partial charge in [0.05, 0.1) is 24.5 Å². The first-order valence-electron chi connectivity index (χ1n) is 11.1. The van der Waals surface area contributed by atoms with Crippen molar-refractivity contribution >= 4 is 17.5 Å². The van der Waals surface area contributed by atoms with Crippen LogP contribution in [0.2, 0.25) is 0 Å². The summed E-state index contributed by atoms with van der Waals surface area (Å²) in [6.45, 7) is 5.99. The van der Waals surface area contributed by atoms with E-state index in [9.17, 15) is 9.59 Å². The highest BCUT2D eigenvalue weighted by molar-refractivity contribution is 6.03. The van der Waals surface area contributed by atoms with Gasteiger partial charge in [-0.15, -0.1) is 0 Å². The molecule has 2 saturated heterocycles. The van der Waals surface area contributed by atoms with Gasteiger partial charge >= 0.3 is 0 Å². The molecule has 0 N–H and O–H groups in total. The van der Waals surface area contributed by atoms with E-state index in [-0.39, 0.29) is 17.9 Å². The van der Waals surface area contributed by atoms with Gasteiger partial charge in [0.15, 0.2) is 0 Å². The molecule has 4 aliphatic heterocycles. The van der Waals surface area contributed by atoms with E-state index in [1.165, 1.54) is 16.7 Å². The van der Waals surface area contributed by atoms with Crippen LogP contribution in [0.1, 0.15) is 36.5 Å². The first-order valence-corrected chi connectivity index (χ1v) is 11.1. The van der Waals surface area contributed by atoms with Crippen LogP contribution in [0.25, 0.3) is 0 Å². The number of carbonyl (C=O) groups excluding carboxylic acids is 2. The zero-order valence-electron chi connectivity index (χ0n) is 17.8. The van der Waals surface area contributed by atoms with Crippen molar-refractivity contribution in [2.75, 3.05) is 11.4 Å². The Hall–Kier alpha value is -2.92. The fraction of sp³-hybridized carbons (Fsp3) is 0.385. The number of hydrogen-bond donors (Lipinski definition) is 0. The van der Waals surface area contributed by atoms with Gasteiger partial charge in [-0.1, -0.05) is 62.4 Å². The molecule has 0 aromatic heterocycles. The van der Waals surface area contributed by atoms with Crippen LogP contribution in [-0.2, 0) is 27.4 Å². The Bertz CT molecular complexity index is 1080. The van der Waals surface area contributed by atoms with Gasteiger partial charge in [0.2, 0.25) is 11.8 Å². The molecule has 0 unspecified atom stereocenters. The molecule has 6 rings (SSSR count). The molecule has 2 aromatic carbocycles. The van der Waals surface area contributed by atoms with E-state index in [4.69, 9.17) is 4.74 Å². The molecule has 2 fully saturated rings. The number of benzene rings is 2. The number of fused-ring (bicyclic) bond motifs is 2. The largest absolute Gasteiger partial charge is 0.360 e. The predicted octanol–water partition coefficient (Wildman–Crippen LogP) is 3.64. The molecule has 1 spiro atoms. The zero-order valence-corrected chi connectivity index (χ0v) is 17.8. The summed E-state index contributed by atoms with van der Waals surface area (Å²) in [6.07, 6.45) is 3.70. The smallest absolute Gasteiger partial charge is 0.234 e. The summed E-state index contributed by atoms with van der Waals surface area (Å²) in [6, 6.07) is 16.3. The number of amides is 2. The van der Waals surface area contributed by atoms with E-state index in [1.807, 2.05) is 41.3 Å². The van der Waals surface area contributed by atoms with Crippen molar-refractivity contribution in [3.05, 3.63) is 77.4 Å². The lowest BCUT2D eigenvalue weighted by Gasteiger charge is -2.27. The van der Waals surface area contributed by atoms with Crippen molar-refractivity contribution in [2.24, 2.45) is 11.8 Å². The summed E-state index contributed by atoms with van der Waals surface area (Å²) in [5, 5.41) is 0. The standard InChI is InChI=1S/C26H26N2O3/c1-16(2)17-7-9-20(10-8-17)28-15-26-12-11-21(31-26)22(23(26)25(28)30)24(29)27-13-18-5-3-4-6-19(18)14-27/h3-12,16,21-23H,13-15H2,1-2H3/t21-,22-,23+,26-/m0/s1. The number of rotatable bonds is 3.